The lowest BCUT2D eigenvalue weighted by atomic mass is 10.1. The number of halogens is 4. The number of hydrogen-bond donors (Lipinski definition) is 1. The van der Waals surface area contributed by atoms with Gasteiger partial charge in [-0.1, -0.05) is 22.0 Å². The lowest BCUT2D eigenvalue weighted by molar-refractivity contribution is -0.138. The summed E-state index contributed by atoms with van der Waals surface area (Å²) in [5.74, 6) is 0. The molecule has 0 aromatic heterocycles. The lowest BCUT2D eigenvalue weighted by Gasteiger charge is -2.22. The van der Waals surface area contributed by atoms with E-state index in [-0.39, 0.29) is 4.47 Å². The van der Waals surface area contributed by atoms with Crippen molar-refractivity contribution < 1.29 is 22.7 Å². The maximum Gasteiger partial charge on any atom is 0.417 e. The van der Waals surface area contributed by atoms with Crippen LogP contribution in [0.5, 0.6) is 0 Å². The van der Waals surface area contributed by atoms with Gasteiger partial charge < -0.3 is 10.1 Å². The number of carbonyl (C=O) groups is 1. The first-order valence-electron chi connectivity index (χ1n) is 6.26. The molecule has 3 nitrogen and oxygen atoms in total. The van der Waals surface area contributed by atoms with Crippen LogP contribution in [0.2, 0.25) is 0 Å². The molecule has 21 heavy (non-hydrogen) atoms. The number of rotatable bonds is 2. The number of hydrogen-bond acceptors (Lipinski definition) is 2. The standard InChI is InChI=1S/C14H17BrF3NO2/c1-8(19-12(20)21-13(2,3)4)9-5-6-11(15)10(7-9)14(16,17)18/h5-8H,1-4H3,(H,19,20). The number of alkyl carbamates (subject to hydrolysis) is 1. The van der Waals surface area contributed by atoms with Crippen LogP contribution in [0.15, 0.2) is 22.7 Å². The van der Waals surface area contributed by atoms with Gasteiger partial charge in [0.05, 0.1) is 11.6 Å². The normalized spacial score (nSPS) is 13.7. The van der Waals surface area contributed by atoms with Crippen molar-refractivity contribution in [2.75, 3.05) is 0 Å². The molecule has 1 N–H and O–H groups in total. The first-order valence-corrected chi connectivity index (χ1v) is 7.05. The van der Waals surface area contributed by atoms with E-state index in [1.54, 1.807) is 27.7 Å². The van der Waals surface area contributed by atoms with Gasteiger partial charge >= 0.3 is 12.3 Å². The lowest BCUT2D eigenvalue weighted by Crippen LogP contribution is -2.34. The van der Waals surface area contributed by atoms with Crippen LogP contribution >= 0.6 is 15.9 Å². The summed E-state index contributed by atoms with van der Waals surface area (Å²) in [5.41, 5.74) is -1.10. The molecule has 0 fully saturated rings. The Balaban J connectivity index is 2.89. The summed E-state index contributed by atoms with van der Waals surface area (Å²) in [4.78, 5) is 11.6. The minimum absolute atomic E-state index is 0.0387. The molecule has 1 amide bonds. The molecule has 0 spiro atoms. The molecule has 1 aromatic carbocycles. The highest BCUT2D eigenvalue weighted by molar-refractivity contribution is 9.10. The molecule has 0 aliphatic carbocycles. The smallest absolute Gasteiger partial charge is 0.417 e. The second-order valence-corrected chi connectivity index (χ2v) is 6.46. The average molecular weight is 368 g/mol. The summed E-state index contributed by atoms with van der Waals surface area (Å²) in [6.07, 6.45) is -5.13. The highest BCUT2D eigenvalue weighted by Gasteiger charge is 2.33. The Bertz CT molecular complexity index is 524. The van der Waals surface area contributed by atoms with Gasteiger partial charge in [0.25, 0.3) is 0 Å². The van der Waals surface area contributed by atoms with Crippen molar-refractivity contribution in [2.24, 2.45) is 0 Å². The summed E-state index contributed by atoms with van der Waals surface area (Å²) >= 11 is 2.87. The van der Waals surface area contributed by atoms with Crippen molar-refractivity contribution in [1.29, 1.82) is 0 Å². The Morgan fingerprint density at radius 3 is 2.33 bits per heavy atom. The molecule has 0 heterocycles. The SMILES string of the molecule is CC(NC(=O)OC(C)(C)C)c1ccc(Br)c(C(F)(F)F)c1. The Labute approximate surface area is 130 Å². The van der Waals surface area contributed by atoms with Crippen LogP contribution < -0.4 is 5.32 Å². The second-order valence-electron chi connectivity index (χ2n) is 5.60. The molecule has 0 saturated heterocycles. The van der Waals surface area contributed by atoms with E-state index in [4.69, 9.17) is 4.74 Å². The first-order chi connectivity index (χ1) is 9.40. The van der Waals surface area contributed by atoms with E-state index >= 15 is 0 Å². The third kappa shape index (κ3) is 5.57. The topological polar surface area (TPSA) is 38.3 Å². The number of amides is 1. The zero-order chi connectivity index (χ0) is 16.4. The monoisotopic (exact) mass is 367 g/mol. The quantitative estimate of drug-likeness (QED) is 0.793. The van der Waals surface area contributed by atoms with Gasteiger partial charge in [-0.25, -0.2) is 4.79 Å². The predicted molar refractivity (Wildman–Crippen MR) is 76.9 cm³/mol. The number of nitrogens with one attached hydrogen (secondary N) is 1. The molecule has 1 unspecified atom stereocenters. The minimum Gasteiger partial charge on any atom is -0.444 e. The van der Waals surface area contributed by atoms with Crippen LogP contribution in [0, 0.1) is 0 Å². The van der Waals surface area contributed by atoms with Crippen molar-refractivity contribution in [1.82, 2.24) is 5.32 Å². The molecular weight excluding hydrogens is 351 g/mol. The minimum atomic E-state index is -4.46. The van der Waals surface area contributed by atoms with Crippen molar-refractivity contribution >= 4 is 22.0 Å². The Hall–Kier alpha value is -1.24. The van der Waals surface area contributed by atoms with Gasteiger partial charge in [-0.15, -0.1) is 0 Å². The zero-order valence-corrected chi connectivity index (χ0v) is 13.7. The van der Waals surface area contributed by atoms with Crippen molar-refractivity contribution in [3.63, 3.8) is 0 Å². The highest BCUT2D eigenvalue weighted by atomic mass is 79.9. The van der Waals surface area contributed by atoms with Crippen LogP contribution in [0.3, 0.4) is 0 Å². The number of benzene rings is 1. The average Bonchev–Trinajstić information content (AvgIpc) is 2.24. The summed E-state index contributed by atoms with van der Waals surface area (Å²) in [7, 11) is 0. The van der Waals surface area contributed by atoms with Gasteiger partial charge in [-0.05, 0) is 45.4 Å². The summed E-state index contributed by atoms with van der Waals surface area (Å²) in [5, 5.41) is 2.51. The van der Waals surface area contributed by atoms with Crippen molar-refractivity contribution in [2.45, 2.75) is 45.5 Å². The largest absolute Gasteiger partial charge is 0.444 e. The molecule has 0 radical (unpaired) electrons. The summed E-state index contributed by atoms with van der Waals surface area (Å²) in [6.45, 7) is 6.71. The maximum absolute atomic E-state index is 12.8. The molecule has 0 aliphatic rings. The fourth-order valence-corrected chi connectivity index (χ4v) is 2.07. The first kappa shape index (κ1) is 17.8. The van der Waals surface area contributed by atoms with E-state index in [0.29, 0.717) is 5.56 Å². The van der Waals surface area contributed by atoms with E-state index in [0.717, 1.165) is 6.07 Å². The van der Waals surface area contributed by atoms with Crippen LogP contribution in [0.25, 0.3) is 0 Å². The van der Waals surface area contributed by atoms with Crippen LogP contribution in [0.4, 0.5) is 18.0 Å². The van der Waals surface area contributed by atoms with Gasteiger partial charge in [0.2, 0.25) is 0 Å². The van der Waals surface area contributed by atoms with Crippen LogP contribution in [-0.4, -0.2) is 11.7 Å². The molecule has 1 atom stereocenters. The second kappa shape index (κ2) is 6.25. The number of ether oxygens (including phenoxy) is 1. The molecule has 0 saturated carbocycles. The zero-order valence-electron chi connectivity index (χ0n) is 12.1. The number of alkyl halides is 3. The number of carbonyl (C=O) groups excluding carboxylic acids is 1. The van der Waals surface area contributed by atoms with E-state index < -0.39 is 29.5 Å². The highest BCUT2D eigenvalue weighted by Crippen LogP contribution is 2.36. The molecule has 0 bridgehead atoms. The summed E-state index contributed by atoms with van der Waals surface area (Å²) in [6, 6.07) is 3.23. The third-order valence-corrected chi connectivity index (χ3v) is 3.22. The van der Waals surface area contributed by atoms with Gasteiger partial charge in [0, 0.05) is 4.47 Å². The molecule has 0 aliphatic heterocycles. The van der Waals surface area contributed by atoms with Gasteiger partial charge in [0.15, 0.2) is 0 Å². The van der Waals surface area contributed by atoms with Gasteiger partial charge in [0.1, 0.15) is 5.60 Å². The van der Waals surface area contributed by atoms with E-state index in [2.05, 4.69) is 21.2 Å². The van der Waals surface area contributed by atoms with Crippen molar-refractivity contribution in [3.8, 4) is 0 Å². The van der Waals surface area contributed by atoms with Gasteiger partial charge in [-0.2, -0.15) is 13.2 Å². The molecule has 118 valence electrons. The molecule has 1 aromatic rings. The van der Waals surface area contributed by atoms with E-state index in [9.17, 15) is 18.0 Å². The molecule has 1 rings (SSSR count). The third-order valence-electron chi connectivity index (χ3n) is 2.53. The Kier molecular flexibility index (Phi) is 5.30. The Morgan fingerprint density at radius 1 is 1.29 bits per heavy atom. The Morgan fingerprint density at radius 2 is 1.86 bits per heavy atom. The van der Waals surface area contributed by atoms with Crippen molar-refractivity contribution in [3.05, 3.63) is 33.8 Å². The van der Waals surface area contributed by atoms with Crippen LogP contribution in [-0.2, 0) is 10.9 Å². The predicted octanol–water partition coefficient (Wildman–Crippen LogP) is 5.05. The molecule has 7 heteroatoms. The molecular formula is C14H17BrF3NO2. The fourth-order valence-electron chi connectivity index (χ4n) is 1.60. The van der Waals surface area contributed by atoms with Crippen LogP contribution in [0.1, 0.15) is 44.9 Å². The van der Waals surface area contributed by atoms with Gasteiger partial charge in [-0.3, -0.25) is 0 Å². The maximum atomic E-state index is 12.8. The fraction of sp³-hybridized carbons (Fsp3) is 0.500. The summed E-state index contributed by atoms with van der Waals surface area (Å²) < 4.78 is 43.5. The van der Waals surface area contributed by atoms with E-state index in [1.165, 1.54) is 12.1 Å². The van der Waals surface area contributed by atoms with E-state index in [1.807, 2.05) is 0 Å².